The number of carbonyl (C=O) groups is 1. The van der Waals surface area contributed by atoms with Gasteiger partial charge < -0.3 is 9.25 Å². The van der Waals surface area contributed by atoms with Gasteiger partial charge in [0.2, 0.25) is 5.76 Å². The number of nitrogens with zero attached hydrogens (tertiary/aromatic N) is 1. The van der Waals surface area contributed by atoms with Crippen LogP contribution < -0.4 is 0 Å². The van der Waals surface area contributed by atoms with E-state index < -0.39 is 5.97 Å². The summed E-state index contributed by atoms with van der Waals surface area (Å²) in [6.07, 6.45) is 2.88. The van der Waals surface area contributed by atoms with Gasteiger partial charge in [-0.2, -0.15) is 0 Å². The molecule has 0 bridgehead atoms. The van der Waals surface area contributed by atoms with E-state index in [1.54, 1.807) is 6.07 Å². The van der Waals surface area contributed by atoms with Crippen LogP contribution in [0.15, 0.2) is 45.5 Å². The van der Waals surface area contributed by atoms with E-state index in [0.717, 1.165) is 4.88 Å². The fourth-order valence-electron chi connectivity index (χ4n) is 0.931. The van der Waals surface area contributed by atoms with Crippen molar-refractivity contribution in [2.75, 3.05) is 0 Å². The zero-order valence-electron chi connectivity index (χ0n) is 7.62. The monoisotopic (exact) mass is 221 g/mol. The molecular weight excluding hydrogens is 214 g/mol. The zero-order valence-corrected chi connectivity index (χ0v) is 8.44. The summed E-state index contributed by atoms with van der Waals surface area (Å²) in [5.74, 6) is -0.467. The molecule has 2 aromatic heterocycles. The predicted octanol–water partition coefficient (Wildman–Crippen LogP) is 2.53. The standard InChI is InChI=1S/C10H7NO3S/c12-10(9-4-1-5-13-9)14-11-7-8-3-2-6-15-8/h1-7H/b11-7+. The van der Waals surface area contributed by atoms with Crippen molar-refractivity contribution < 1.29 is 14.0 Å². The van der Waals surface area contributed by atoms with Crippen molar-refractivity contribution >= 4 is 23.5 Å². The molecule has 2 heterocycles. The Bertz CT molecular complexity index is 445. The van der Waals surface area contributed by atoms with Crippen molar-refractivity contribution in [3.05, 3.63) is 46.5 Å². The number of rotatable bonds is 3. The molecule has 15 heavy (non-hydrogen) atoms. The lowest BCUT2D eigenvalue weighted by Gasteiger charge is -1.91. The maximum Gasteiger partial charge on any atom is 0.400 e. The molecular formula is C10H7NO3S. The van der Waals surface area contributed by atoms with Crippen LogP contribution >= 0.6 is 11.3 Å². The SMILES string of the molecule is O=C(O/N=C/c1cccs1)c1ccco1. The van der Waals surface area contributed by atoms with Gasteiger partial charge in [0, 0.05) is 4.88 Å². The molecule has 0 spiro atoms. The van der Waals surface area contributed by atoms with Crippen molar-refractivity contribution in [2.45, 2.75) is 0 Å². The second-order valence-corrected chi connectivity index (χ2v) is 3.59. The Labute approximate surface area is 89.8 Å². The van der Waals surface area contributed by atoms with Crippen LogP contribution in [-0.4, -0.2) is 12.2 Å². The van der Waals surface area contributed by atoms with Crippen molar-refractivity contribution in [3.63, 3.8) is 0 Å². The Hall–Kier alpha value is -1.88. The van der Waals surface area contributed by atoms with Gasteiger partial charge in [-0.15, -0.1) is 11.3 Å². The largest absolute Gasteiger partial charge is 0.457 e. The minimum absolute atomic E-state index is 0.137. The Kier molecular flexibility index (Phi) is 2.94. The van der Waals surface area contributed by atoms with Gasteiger partial charge in [0.25, 0.3) is 0 Å². The molecule has 0 N–H and O–H groups in total. The van der Waals surface area contributed by atoms with Gasteiger partial charge in [0.1, 0.15) is 0 Å². The summed E-state index contributed by atoms with van der Waals surface area (Å²) in [6, 6.07) is 6.89. The summed E-state index contributed by atoms with van der Waals surface area (Å²) in [5.41, 5.74) is 0. The Morgan fingerprint density at radius 2 is 2.40 bits per heavy atom. The van der Waals surface area contributed by atoms with Gasteiger partial charge in [-0.3, -0.25) is 0 Å². The van der Waals surface area contributed by atoms with E-state index in [2.05, 4.69) is 9.99 Å². The van der Waals surface area contributed by atoms with Crippen LogP contribution in [0.4, 0.5) is 0 Å². The molecule has 2 rings (SSSR count). The van der Waals surface area contributed by atoms with E-state index in [0.29, 0.717) is 0 Å². The van der Waals surface area contributed by atoms with Gasteiger partial charge in [-0.05, 0) is 23.6 Å². The maximum atomic E-state index is 11.2. The average molecular weight is 221 g/mol. The van der Waals surface area contributed by atoms with Gasteiger partial charge >= 0.3 is 5.97 Å². The molecule has 0 saturated heterocycles. The van der Waals surface area contributed by atoms with E-state index in [1.807, 2.05) is 17.5 Å². The second kappa shape index (κ2) is 4.56. The molecule has 0 aliphatic carbocycles. The normalized spacial score (nSPS) is 10.7. The highest BCUT2D eigenvalue weighted by Crippen LogP contribution is 2.06. The van der Waals surface area contributed by atoms with Crippen molar-refractivity contribution in [1.29, 1.82) is 0 Å². The first-order valence-corrected chi connectivity index (χ1v) is 5.06. The lowest BCUT2D eigenvalue weighted by atomic mass is 10.5. The van der Waals surface area contributed by atoms with Gasteiger partial charge in [0.05, 0.1) is 12.5 Å². The third-order valence-electron chi connectivity index (χ3n) is 1.58. The molecule has 0 saturated carbocycles. The lowest BCUT2D eigenvalue weighted by Crippen LogP contribution is -1.98. The number of hydrogen-bond donors (Lipinski definition) is 0. The Balaban J connectivity index is 1.91. The van der Waals surface area contributed by atoms with Gasteiger partial charge in [-0.1, -0.05) is 11.2 Å². The summed E-state index contributed by atoms with van der Waals surface area (Å²) in [7, 11) is 0. The van der Waals surface area contributed by atoms with Crippen molar-refractivity contribution in [2.24, 2.45) is 5.16 Å². The van der Waals surface area contributed by atoms with Gasteiger partial charge in [-0.25, -0.2) is 4.79 Å². The number of hydrogen-bond acceptors (Lipinski definition) is 5. The van der Waals surface area contributed by atoms with E-state index in [4.69, 9.17) is 4.42 Å². The Morgan fingerprint density at radius 3 is 3.07 bits per heavy atom. The molecule has 0 aromatic carbocycles. The molecule has 4 nitrogen and oxygen atoms in total. The third kappa shape index (κ3) is 2.54. The smallest absolute Gasteiger partial charge is 0.400 e. The van der Waals surface area contributed by atoms with Crippen LogP contribution in [0.25, 0.3) is 0 Å². The second-order valence-electron chi connectivity index (χ2n) is 2.61. The lowest BCUT2D eigenvalue weighted by molar-refractivity contribution is 0.0483. The predicted molar refractivity (Wildman–Crippen MR) is 56.0 cm³/mol. The van der Waals surface area contributed by atoms with Gasteiger partial charge in [0.15, 0.2) is 0 Å². The van der Waals surface area contributed by atoms with Crippen LogP contribution in [-0.2, 0) is 4.84 Å². The molecule has 0 fully saturated rings. The zero-order chi connectivity index (χ0) is 10.5. The fourth-order valence-corrected chi connectivity index (χ4v) is 1.51. The van der Waals surface area contributed by atoms with Crippen LogP contribution in [0.5, 0.6) is 0 Å². The highest BCUT2D eigenvalue weighted by molar-refractivity contribution is 7.11. The van der Waals surface area contributed by atoms with Crippen LogP contribution in [0.2, 0.25) is 0 Å². The first-order valence-electron chi connectivity index (χ1n) is 4.18. The summed E-state index contributed by atoms with van der Waals surface area (Å²) in [5, 5.41) is 5.46. The highest BCUT2D eigenvalue weighted by Gasteiger charge is 2.08. The van der Waals surface area contributed by atoms with E-state index in [9.17, 15) is 4.79 Å². The van der Waals surface area contributed by atoms with Crippen molar-refractivity contribution in [3.8, 4) is 0 Å². The molecule has 0 unspecified atom stereocenters. The molecule has 0 radical (unpaired) electrons. The van der Waals surface area contributed by atoms with Crippen LogP contribution in [0.3, 0.4) is 0 Å². The average Bonchev–Trinajstić information content (AvgIpc) is 2.90. The maximum absolute atomic E-state index is 11.2. The van der Waals surface area contributed by atoms with E-state index in [-0.39, 0.29) is 5.76 Å². The summed E-state index contributed by atoms with van der Waals surface area (Å²) >= 11 is 1.51. The minimum Gasteiger partial charge on any atom is -0.457 e. The number of oxime groups is 1. The molecule has 0 aliphatic rings. The Morgan fingerprint density at radius 1 is 1.47 bits per heavy atom. The summed E-state index contributed by atoms with van der Waals surface area (Å²) in [4.78, 5) is 16.7. The summed E-state index contributed by atoms with van der Waals surface area (Å²) in [6.45, 7) is 0. The molecule has 5 heteroatoms. The molecule has 0 aliphatic heterocycles. The third-order valence-corrected chi connectivity index (χ3v) is 2.39. The fraction of sp³-hybridized carbons (Fsp3) is 0. The first-order chi connectivity index (χ1) is 7.36. The topological polar surface area (TPSA) is 51.8 Å². The molecule has 2 aromatic rings. The number of thiophene rings is 1. The van der Waals surface area contributed by atoms with E-state index in [1.165, 1.54) is 29.9 Å². The van der Waals surface area contributed by atoms with E-state index >= 15 is 0 Å². The molecule has 0 amide bonds. The number of carbonyl (C=O) groups excluding carboxylic acids is 1. The van der Waals surface area contributed by atoms with Crippen LogP contribution in [0, 0.1) is 0 Å². The number of furan rings is 1. The quantitative estimate of drug-likeness (QED) is 0.454. The summed E-state index contributed by atoms with van der Waals surface area (Å²) < 4.78 is 4.84. The highest BCUT2D eigenvalue weighted by atomic mass is 32.1. The van der Waals surface area contributed by atoms with Crippen molar-refractivity contribution in [1.82, 2.24) is 0 Å². The molecule has 0 atom stereocenters. The minimum atomic E-state index is -0.604. The van der Waals surface area contributed by atoms with Crippen LogP contribution in [0.1, 0.15) is 15.4 Å². The molecule has 76 valence electrons. The first kappa shape index (κ1) is 9.67.